The van der Waals surface area contributed by atoms with E-state index in [1.54, 1.807) is 12.1 Å². The van der Waals surface area contributed by atoms with Crippen molar-refractivity contribution in [1.82, 2.24) is 10.6 Å². The minimum atomic E-state index is -0.319. The van der Waals surface area contributed by atoms with E-state index < -0.39 is 0 Å². The third kappa shape index (κ3) is 6.13. The van der Waals surface area contributed by atoms with Gasteiger partial charge in [0.25, 0.3) is 11.8 Å². The predicted octanol–water partition coefficient (Wildman–Crippen LogP) is 4.27. The Morgan fingerprint density at radius 1 is 0.706 bits per heavy atom. The van der Waals surface area contributed by atoms with Crippen molar-refractivity contribution in [3.63, 3.8) is 0 Å². The van der Waals surface area contributed by atoms with E-state index in [0.717, 1.165) is 21.5 Å². The first kappa shape index (κ1) is 25.7. The van der Waals surface area contributed by atoms with E-state index in [2.05, 4.69) is 10.6 Å². The number of benzene rings is 3. The number of carbonyl (C=O) groups is 2. The first-order valence-corrected chi connectivity index (χ1v) is 12.0. The molecule has 0 fully saturated rings. The second kappa shape index (κ2) is 11.4. The van der Waals surface area contributed by atoms with E-state index in [-0.39, 0.29) is 37.1 Å². The van der Waals surface area contributed by atoms with Gasteiger partial charge in [0, 0.05) is 11.1 Å². The van der Waals surface area contributed by atoms with Crippen molar-refractivity contribution in [3.05, 3.63) is 59.7 Å². The van der Waals surface area contributed by atoms with Crippen LogP contribution in [0, 0.1) is 11.8 Å². The number of aliphatic hydroxyl groups is 2. The van der Waals surface area contributed by atoms with E-state index in [9.17, 15) is 19.8 Å². The third-order valence-corrected chi connectivity index (χ3v) is 5.99. The molecular formula is C28H36N2O4. The fourth-order valence-electron chi connectivity index (χ4n) is 4.47. The molecule has 2 amide bonds. The Labute approximate surface area is 201 Å². The Kier molecular flexibility index (Phi) is 8.64. The lowest BCUT2D eigenvalue weighted by Gasteiger charge is -2.20. The maximum absolute atomic E-state index is 13.1. The molecule has 3 aromatic carbocycles. The zero-order valence-corrected chi connectivity index (χ0v) is 20.5. The highest BCUT2D eigenvalue weighted by Crippen LogP contribution is 2.28. The van der Waals surface area contributed by atoms with E-state index >= 15 is 0 Å². The lowest BCUT2D eigenvalue weighted by atomic mass is 9.95. The summed E-state index contributed by atoms with van der Waals surface area (Å²) in [6, 6.07) is 14.3. The van der Waals surface area contributed by atoms with Gasteiger partial charge in [-0.2, -0.15) is 0 Å². The number of hydrogen-bond acceptors (Lipinski definition) is 4. The highest BCUT2D eigenvalue weighted by atomic mass is 16.3. The molecule has 2 atom stereocenters. The van der Waals surface area contributed by atoms with Gasteiger partial charge in [-0.3, -0.25) is 9.59 Å². The molecule has 0 aliphatic rings. The first-order chi connectivity index (χ1) is 16.2. The Hall–Kier alpha value is -2.96. The smallest absolute Gasteiger partial charge is 0.252 e. The normalized spacial score (nSPS) is 13.4. The van der Waals surface area contributed by atoms with Crippen molar-refractivity contribution >= 4 is 33.4 Å². The number of aliphatic hydroxyl groups excluding tert-OH is 2. The maximum atomic E-state index is 13.1. The minimum Gasteiger partial charge on any atom is -0.394 e. The maximum Gasteiger partial charge on any atom is 0.252 e. The lowest BCUT2D eigenvalue weighted by Crippen LogP contribution is -2.38. The molecular weight excluding hydrogens is 428 g/mol. The van der Waals surface area contributed by atoms with Crippen LogP contribution in [0.1, 0.15) is 61.3 Å². The number of fused-ring (bicyclic) bond motifs is 2. The van der Waals surface area contributed by atoms with Crippen LogP contribution in [0.4, 0.5) is 0 Å². The van der Waals surface area contributed by atoms with Gasteiger partial charge in [0.15, 0.2) is 0 Å². The predicted molar refractivity (Wildman–Crippen MR) is 137 cm³/mol. The Morgan fingerprint density at radius 3 is 1.47 bits per heavy atom. The molecule has 0 aromatic heterocycles. The number of hydrogen-bond donors (Lipinski definition) is 4. The Bertz CT molecular complexity index is 1070. The van der Waals surface area contributed by atoms with Crippen LogP contribution in [-0.2, 0) is 0 Å². The van der Waals surface area contributed by atoms with Gasteiger partial charge in [-0.25, -0.2) is 0 Å². The first-order valence-electron chi connectivity index (χ1n) is 12.0. The third-order valence-electron chi connectivity index (χ3n) is 5.99. The molecule has 0 saturated carbocycles. The van der Waals surface area contributed by atoms with Crippen LogP contribution in [0.3, 0.4) is 0 Å². The second-order valence-corrected chi connectivity index (χ2v) is 9.87. The average Bonchev–Trinajstić information content (AvgIpc) is 2.80. The highest BCUT2D eigenvalue weighted by molar-refractivity contribution is 6.14. The number of carbonyl (C=O) groups excluding carboxylic acids is 2. The molecule has 3 rings (SSSR count). The number of nitrogens with one attached hydrogen (secondary N) is 2. The average molecular weight is 465 g/mol. The topological polar surface area (TPSA) is 98.7 Å². The summed E-state index contributed by atoms with van der Waals surface area (Å²) in [5.74, 6) is 0.189. The molecule has 4 N–H and O–H groups in total. The SMILES string of the molecule is CC(C)C[C@@H](CO)NC(=O)c1cccc2cc3cccc(C(=O)N[C@H](CO)CC(C)C)c3cc12. The van der Waals surface area contributed by atoms with Crippen LogP contribution in [0.15, 0.2) is 48.5 Å². The van der Waals surface area contributed by atoms with Gasteiger partial charge in [0.2, 0.25) is 0 Å². The Morgan fingerprint density at radius 2 is 1.12 bits per heavy atom. The highest BCUT2D eigenvalue weighted by Gasteiger charge is 2.19. The van der Waals surface area contributed by atoms with Crippen molar-refractivity contribution < 1.29 is 19.8 Å². The van der Waals surface area contributed by atoms with Gasteiger partial charge in [0.05, 0.1) is 25.3 Å². The quantitative estimate of drug-likeness (QED) is 0.337. The zero-order chi connectivity index (χ0) is 24.8. The molecule has 6 nitrogen and oxygen atoms in total. The summed E-state index contributed by atoms with van der Waals surface area (Å²) in [5, 5.41) is 28.6. The summed E-state index contributed by atoms with van der Waals surface area (Å²) in [5.41, 5.74) is 1.01. The molecule has 0 bridgehead atoms. The lowest BCUT2D eigenvalue weighted by molar-refractivity contribution is 0.0903. The van der Waals surface area contributed by atoms with Crippen LogP contribution in [0.5, 0.6) is 0 Å². The van der Waals surface area contributed by atoms with Crippen LogP contribution >= 0.6 is 0 Å². The molecule has 0 radical (unpaired) electrons. The molecule has 0 saturated heterocycles. The number of amides is 2. The molecule has 34 heavy (non-hydrogen) atoms. The molecule has 0 aliphatic heterocycles. The van der Waals surface area contributed by atoms with Crippen molar-refractivity contribution in [2.24, 2.45) is 11.8 Å². The molecule has 0 aliphatic carbocycles. The molecule has 0 unspecified atom stereocenters. The molecule has 3 aromatic rings. The molecule has 182 valence electrons. The van der Waals surface area contributed by atoms with Gasteiger partial charge in [0.1, 0.15) is 0 Å². The van der Waals surface area contributed by atoms with E-state index in [4.69, 9.17) is 0 Å². The molecule has 6 heteroatoms. The van der Waals surface area contributed by atoms with Crippen molar-refractivity contribution in [2.45, 2.75) is 52.6 Å². The van der Waals surface area contributed by atoms with Crippen LogP contribution < -0.4 is 10.6 Å². The molecule has 0 heterocycles. The van der Waals surface area contributed by atoms with E-state index in [1.165, 1.54) is 0 Å². The summed E-state index contributed by atoms with van der Waals surface area (Å²) in [6.07, 6.45) is 1.37. The summed E-state index contributed by atoms with van der Waals surface area (Å²) in [4.78, 5) is 26.2. The van der Waals surface area contributed by atoms with Crippen molar-refractivity contribution in [1.29, 1.82) is 0 Å². The monoisotopic (exact) mass is 464 g/mol. The van der Waals surface area contributed by atoms with Gasteiger partial charge in [-0.05, 0) is 70.5 Å². The standard InChI is InChI=1S/C28H36N2O4/c1-17(2)11-21(15-31)29-27(33)23-9-5-7-19-13-20-8-6-10-24(26(20)14-25(19)23)28(34)30-22(16-32)12-18(3)4/h5-10,13-14,17-18,21-22,31-32H,11-12,15-16H2,1-4H3,(H,29,33)(H,30,34)/t21-,22-/m0/s1. The zero-order valence-electron chi connectivity index (χ0n) is 20.5. The fourth-order valence-corrected chi connectivity index (χ4v) is 4.47. The van der Waals surface area contributed by atoms with Crippen molar-refractivity contribution in [3.8, 4) is 0 Å². The Balaban J connectivity index is 2.01. The summed E-state index contributed by atoms with van der Waals surface area (Å²) in [7, 11) is 0. The second-order valence-electron chi connectivity index (χ2n) is 9.87. The fraction of sp³-hybridized carbons (Fsp3) is 0.429. The van der Waals surface area contributed by atoms with Crippen LogP contribution in [0.25, 0.3) is 21.5 Å². The number of rotatable bonds is 10. The van der Waals surface area contributed by atoms with Crippen LogP contribution in [0.2, 0.25) is 0 Å². The summed E-state index contributed by atoms with van der Waals surface area (Å²) >= 11 is 0. The van der Waals surface area contributed by atoms with E-state index in [1.807, 2.05) is 64.1 Å². The van der Waals surface area contributed by atoms with Crippen LogP contribution in [-0.4, -0.2) is 47.3 Å². The van der Waals surface area contributed by atoms with Crippen molar-refractivity contribution in [2.75, 3.05) is 13.2 Å². The van der Waals surface area contributed by atoms with Gasteiger partial charge in [-0.15, -0.1) is 0 Å². The van der Waals surface area contributed by atoms with Gasteiger partial charge < -0.3 is 20.8 Å². The summed E-state index contributed by atoms with van der Waals surface area (Å²) < 4.78 is 0. The van der Waals surface area contributed by atoms with E-state index in [0.29, 0.717) is 35.8 Å². The largest absolute Gasteiger partial charge is 0.394 e. The summed E-state index contributed by atoms with van der Waals surface area (Å²) in [6.45, 7) is 7.96. The molecule has 0 spiro atoms. The van der Waals surface area contributed by atoms with Gasteiger partial charge in [-0.1, -0.05) is 52.0 Å². The minimum absolute atomic E-state index is 0.121. The van der Waals surface area contributed by atoms with Gasteiger partial charge >= 0.3 is 0 Å².